The third-order valence-corrected chi connectivity index (χ3v) is 25.9. The number of ether oxygens (including phenoxy) is 8. The Morgan fingerprint density at radius 2 is 0.645 bits per heavy atom. The summed E-state index contributed by atoms with van der Waals surface area (Å²) in [5.74, 6) is 3.00. The van der Waals surface area contributed by atoms with Crippen molar-refractivity contribution in [1.82, 2.24) is 19.9 Å². The molecule has 5 N–H and O–H groups in total. The molecule has 12 aromatic carbocycles. The number of aromatic hydroxyl groups is 1. The zero-order valence-corrected chi connectivity index (χ0v) is 82.0. The molecule has 22 heteroatoms. The quantitative estimate of drug-likeness (QED) is 0.0433. The molecule has 0 fully saturated rings. The van der Waals surface area contributed by atoms with Crippen LogP contribution in [0, 0.1) is 37.8 Å². The highest BCUT2D eigenvalue weighted by Gasteiger charge is 2.40. The number of phenols is 1. The number of nitrogen functional groups attached to an aromatic ring is 2. The number of nitro groups is 1. The van der Waals surface area contributed by atoms with Crippen molar-refractivity contribution in [1.29, 1.82) is 0 Å². The standard InChI is InChI=1S/C29H28N2O5.2C29H30N2O3.C29H29NO4/c1-16-23(28(17(2)32)36-29(3,4)5)25(19-8-6-7-9-20(19)27(16)31(33)34)21-10-11-22-24-18(13-15-35-22)12-14-30-26(21)24;1-16-15-21-19(7-6-8-22(21)30)26(24(16)28(17(2)32)34-29(3,4)5)20-9-10-23-25-18(12-14-33-23)11-13-31-27(20)25;1-16-23(28(17(2)32)34-29(3,4)5)25(19-8-6-7-9-20(19)26(16)30)21-10-11-22-24-18(13-15-33-22)12-14-31-27(21)24;1-16-23(28(17(2)31)34-29(3,4)5)25(19-8-6-7-9-20(19)27(16)32)21-10-11-22-24-18(13-15-33-22)12-14-30-26(21)24/h6-12,14,28H,13,15H2,1-5H3;6-11,13,15,28H,12,14,30H2,1-5H3;6-12,14,28H,13,15,30H2,1-5H3;6-12,14,28,32H,13,15H2,1-5H3/t4*28-/m1111/s1. The van der Waals surface area contributed by atoms with Crippen LogP contribution in [-0.2, 0) is 63.8 Å². The van der Waals surface area contributed by atoms with Crippen LogP contribution >= 0.6 is 0 Å². The van der Waals surface area contributed by atoms with Crippen LogP contribution in [-0.4, -0.2) is 102 Å². The predicted molar refractivity (Wildman–Crippen MR) is 549 cm³/mol. The number of pyridine rings is 4. The molecular weight excluding hydrogens is 1730 g/mol. The number of phenolic OH excluding ortho intramolecular Hbond substituents is 1. The third-order valence-electron chi connectivity index (χ3n) is 25.9. The number of Topliss-reactive ketones (excluding diaryl/α,β-unsaturated/α-hetero) is 4. The third kappa shape index (κ3) is 18.2. The summed E-state index contributed by atoms with van der Waals surface area (Å²) in [5.41, 5.74) is 33.0. The number of nitrogens with zero attached hydrogens (tertiary/aromatic N) is 5. The van der Waals surface area contributed by atoms with Crippen LogP contribution < -0.4 is 30.4 Å². The fourth-order valence-corrected chi connectivity index (χ4v) is 20.3. The van der Waals surface area contributed by atoms with Gasteiger partial charge in [0.2, 0.25) is 0 Å². The normalized spacial score (nSPS) is 14.2. The van der Waals surface area contributed by atoms with Gasteiger partial charge in [-0.3, -0.25) is 49.2 Å². The van der Waals surface area contributed by atoms with Crippen molar-refractivity contribution in [2.45, 2.75) is 211 Å². The first-order valence-electron chi connectivity index (χ1n) is 47.0. The van der Waals surface area contributed by atoms with Gasteiger partial charge in [0, 0.05) is 144 Å². The average Bonchev–Trinajstić information content (AvgIpc) is 0.731. The molecule has 0 unspecified atom stereocenters. The van der Waals surface area contributed by atoms with Crippen LogP contribution in [0.5, 0.6) is 28.7 Å². The Morgan fingerprint density at radius 1 is 0.362 bits per heavy atom. The smallest absolute Gasteiger partial charge is 0.280 e. The maximum absolute atomic E-state index is 13.1. The van der Waals surface area contributed by atoms with Gasteiger partial charge in [-0.15, -0.1) is 0 Å². The minimum Gasteiger partial charge on any atom is -0.507 e. The molecule has 4 aliphatic heterocycles. The second-order valence-electron chi connectivity index (χ2n) is 40.2. The van der Waals surface area contributed by atoms with Crippen molar-refractivity contribution >= 4 is 127 Å². The van der Waals surface area contributed by atoms with Crippen molar-refractivity contribution in [2.75, 3.05) is 37.9 Å². The van der Waals surface area contributed by atoms with E-state index in [2.05, 4.69) is 42.5 Å². The molecule has 4 atom stereocenters. The first-order valence-corrected chi connectivity index (χ1v) is 47.0. The fourth-order valence-electron chi connectivity index (χ4n) is 20.3. The lowest BCUT2D eigenvalue weighted by atomic mass is 9.84. The highest BCUT2D eigenvalue weighted by atomic mass is 16.6. The van der Waals surface area contributed by atoms with E-state index in [0.29, 0.717) is 70.8 Å². The summed E-state index contributed by atoms with van der Waals surface area (Å²) in [6.45, 7) is 39.5. The molecule has 4 aromatic heterocycles. The molecule has 16 aromatic rings. The largest absolute Gasteiger partial charge is 0.507 e. The second-order valence-corrected chi connectivity index (χ2v) is 40.2. The number of anilines is 2. The van der Waals surface area contributed by atoms with Crippen LogP contribution in [0.3, 0.4) is 0 Å². The topological polar surface area (TPSA) is 309 Å². The van der Waals surface area contributed by atoms with Gasteiger partial charge in [0.05, 0.1) is 81.2 Å². The lowest BCUT2D eigenvalue weighted by Gasteiger charge is -2.30. The number of aromatic nitrogens is 4. The van der Waals surface area contributed by atoms with Gasteiger partial charge in [-0.05, 0) is 318 Å². The van der Waals surface area contributed by atoms with E-state index in [1.807, 2.05) is 238 Å². The summed E-state index contributed by atoms with van der Waals surface area (Å²) < 4.78 is 49.1. The van der Waals surface area contributed by atoms with E-state index in [0.717, 1.165) is 197 Å². The Bertz CT molecular complexity index is 7280. The molecule has 0 amide bonds. The van der Waals surface area contributed by atoms with E-state index in [-0.39, 0.29) is 39.5 Å². The van der Waals surface area contributed by atoms with Crippen LogP contribution in [0.15, 0.2) is 195 Å². The van der Waals surface area contributed by atoms with Crippen molar-refractivity contribution < 1.29 is 67.1 Å². The summed E-state index contributed by atoms with van der Waals surface area (Å²) in [5, 5.41) is 34.1. The van der Waals surface area contributed by atoms with Gasteiger partial charge in [-0.1, -0.05) is 78.9 Å². The van der Waals surface area contributed by atoms with E-state index in [1.54, 1.807) is 39.1 Å². The molecule has 706 valence electrons. The van der Waals surface area contributed by atoms with E-state index in [9.17, 15) is 34.4 Å². The Kier molecular flexibility index (Phi) is 25.9. The molecular formula is C116H117N7O15. The lowest BCUT2D eigenvalue weighted by molar-refractivity contribution is -0.383. The Hall–Kier alpha value is -14.2. The molecule has 8 heterocycles. The van der Waals surface area contributed by atoms with Gasteiger partial charge in [0.1, 0.15) is 53.2 Å². The number of ketones is 4. The van der Waals surface area contributed by atoms with Gasteiger partial charge >= 0.3 is 0 Å². The number of carbonyl (C=O) groups excluding carboxylic acids is 4. The highest BCUT2D eigenvalue weighted by molar-refractivity contribution is 6.17. The predicted octanol–water partition coefficient (Wildman–Crippen LogP) is 25.8. The Labute approximate surface area is 802 Å². The Morgan fingerprint density at radius 3 is 0.986 bits per heavy atom. The maximum atomic E-state index is 13.1. The monoisotopic (exact) mass is 1850 g/mol. The van der Waals surface area contributed by atoms with E-state index in [4.69, 9.17) is 69.3 Å². The fraction of sp³-hybridized carbons (Fsp3) is 0.310. The number of rotatable bonds is 17. The summed E-state index contributed by atoms with van der Waals surface area (Å²) in [6, 6.07) is 55.2. The first kappa shape index (κ1) is 95.6. The number of aryl methyl sites for hydroxylation is 1. The number of benzene rings is 12. The molecule has 138 heavy (non-hydrogen) atoms. The molecule has 0 saturated carbocycles. The van der Waals surface area contributed by atoms with E-state index in [1.165, 1.54) is 30.5 Å². The molecule has 0 aliphatic carbocycles. The molecule has 20 rings (SSSR count). The van der Waals surface area contributed by atoms with Crippen molar-refractivity contribution in [3.05, 3.63) is 272 Å². The summed E-state index contributed by atoms with van der Waals surface area (Å²) in [7, 11) is 0. The highest BCUT2D eigenvalue weighted by Crippen LogP contribution is 2.55. The van der Waals surface area contributed by atoms with Gasteiger partial charge < -0.3 is 54.5 Å². The molecule has 0 bridgehead atoms. The zero-order valence-electron chi connectivity index (χ0n) is 82.0. The van der Waals surface area contributed by atoms with Crippen LogP contribution in [0.4, 0.5) is 17.1 Å². The van der Waals surface area contributed by atoms with Crippen LogP contribution in [0.2, 0.25) is 0 Å². The number of fused-ring (bicyclic) bond motifs is 4. The molecule has 22 nitrogen and oxygen atoms in total. The first-order chi connectivity index (χ1) is 65.6. The van der Waals surface area contributed by atoms with Crippen LogP contribution in [0.25, 0.3) is 131 Å². The molecule has 0 saturated heterocycles. The number of carbonyl (C=O) groups is 4. The molecule has 4 aliphatic rings. The average molecular weight is 1850 g/mol. The molecule has 0 spiro atoms. The maximum Gasteiger partial charge on any atom is 0.280 e. The number of nitrogens with two attached hydrogens (primary N) is 2. The number of hydrogen-bond donors (Lipinski definition) is 3. The van der Waals surface area contributed by atoms with Crippen molar-refractivity contribution in [3.63, 3.8) is 0 Å². The summed E-state index contributed by atoms with van der Waals surface area (Å²) in [4.78, 5) is 83.1. The van der Waals surface area contributed by atoms with Gasteiger partial charge in [0.15, 0.2) is 23.1 Å². The Balaban J connectivity index is 0.000000127. The summed E-state index contributed by atoms with van der Waals surface area (Å²) >= 11 is 0. The lowest BCUT2D eigenvalue weighted by Crippen LogP contribution is -2.27. The number of hydrogen-bond acceptors (Lipinski definition) is 21. The van der Waals surface area contributed by atoms with Crippen LogP contribution in [0.1, 0.15) is 202 Å². The van der Waals surface area contributed by atoms with Crippen molar-refractivity contribution in [2.24, 2.45) is 0 Å². The van der Waals surface area contributed by atoms with Gasteiger partial charge in [-0.2, -0.15) is 0 Å². The summed E-state index contributed by atoms with van der Waals surface area (Å²) in [6.07, 6.45) is 7.29. The minimum atomic E-state index is -0.995. The van der Waals surface area contributed by atoms with E-state index >= 15 is 0 Å². The minimum absolute atomic E-state index is 0.0212. The van der Waals surface area contributed by atoms with E-state index < -0.39 is 46.8 Å². The number of nitro benzene ring substituents is 1. The van der Waals surface area contributed by atoms with Gasteiger partial charge in [-0.25, -0.2) is 0 Å². The van der Waals surface area contributed by atoms with Crippen molar-refractivity contribution in [3.8, 4) is 73.3 Å². The molecule has 0 radical (unpaired) electrons. The zero-order chi connectivity index (χ0) is 98.4. The second kappa shape index (κ2) is 37.4. The SMILES string of the molecule is CC(=O)[C@@H](OC(C)(C)C)c1c(C)c(N)c2ccccc2c1-c1ccc2c3c(ccnc13)CCO2.CC(=O)[C@@H](OC(C)(C)C)c1c(C)c(O)c2ccccc2c1-c1ccc2c3c(ccnc13)CCO2.CC(=O)[C@@H](OC(C)(C)C)c1c(C)c([N+](=O)[O-])c2ccccc2c1-c1ccc2c3c(ccnc13)CCO2.CC(=O)[C@@H](OC(C)(C)C)c1c(C)cc2c(N)cccc2c1-c1ccc2c3c(ccnc13)CCO2. The van der Waals surface area contributed by atoms with Gasteiger partial charge in [0.25, 0.3) is 5.69 Å².